The Morgan fingerprint density at radius 2 is 2.22 bits per heavy atom. The van der Waals surface area contributed by atoms with E-state index >= 15 is 0 Å². The molecule has 32 heavy (non-hydrogen) atoms. The van der Waals surface area contributed by atoms with Gasteiger partial charge in [-0.3, -0.25) is 9.48 Å². The first kappa shape index (κ1) is 20.4. The van der Waals surface area contributed by atoms with E-state index in [1.165, 1.54) is 0 Å². The maximum Gasteiger partial charge on any atom is 0.262 e. The molecule has 9 nitrogen and oxygen atoms in total. The number of carbonyl (C=O) groups excluding carboxylic acids is 1. The second kappa shape index (κ2) is 7.90. The summed E-state index contributed by atoms with van der Waals surface area (Å²) in [6, 6.07) is 7.32. The first-order valence-corrected chi connectivity index (χ1v) is 10.7. The van der Waals surface area contributed by atoms with Gasteiger partial charge >= 0.3 is 0 Å². The summed E-state index contributed by atoms with van der Waals surface area (Å²) in [5, 5.41) is 10.4. The molecular formula is C23H26N6O3. The highest BCUT2D eigenvalue weighted by atomic mass is 16.5. The van der Waals surface area contributed by atoms with Gasteiger partial charge in [0.1, 0.15) is 23.1 Å². The Balaban J connectivity index is 1.44. The Morgan fingerprint density at radius 1 is 1.34 bits per heavy atom. The minimum atomic E-state index is -0.365. The second-order valence-corrected chi connectivity index (χ2v) is 8.84. The number of ether oxygens (including phenoxy) is 2. The molecule has 2 N–H and O–H groups in total. The number of nitrogens with zero attached hydrogens (tertiary/aromatic N) is 4. The Morgan fingerprint density at radius 3 is 2.97 bits per heavy atom. The molecule has 0 aliphatic carbocycles. The molecule has 1 fully saturated rings. The molecule has 166 valence electrons. The zero-order valence-corrected chi connectivity index (χ0v) is 18.4. The Hall–Kier alpha value is -3.46. The topological polar surface area (TPSA) is 103 Å². The summed E-state index contributed by atoms with van der Waals surface area (Å²) in [5.74, 6) is 0.948. The quantitative estimate of drug-likeness (QED) is 0.636. The van der Waals surface area contributed by atoms with Gasteiger partial charge in [-0.2, -0.15) is 10.1 Å². The minimum absolute atomic E-state index is 0.0338. The van der Waals surface area contributed by atoms with E-state index < -0.39 is 0 Å². The van der Waals surface area contributed by atoms with Crippen LogP contribution in [0.15, 0.2) is 36.7 Å². The summed E-state index contributed by atoms with van der Waals surface area (Å²) < 4.78 is 13.8. The highest BCUT2D eigenvalue weighted by Crippen LogP contribution is 2.37. The van der Waals surface area contributed by atoms with Crippen LogP contribution >= 0.6 is 0 Å². The molecule has 2 aliphatic rings. The SMILES string of the molecule is Cn1cc(-c2cccc(NC(=O)c3cc4c(nc3OC3CCNC3)OC(C)(C)C4)n2)cn1. The number of fused-ring (bicyclic) bond motifs is 1. The van der Waals surface area contributed by atoms with Gasteiger partial charge in [-0.15, -0.1) is 0 Å². The standard InChI is InChI=1S/C23H26N6O3/c1-23(2)10-14-9-17(22(28-21(14)32-23)31-16-7-8-24-12-16)20(30)27-19-6-4-5-18(26-19)15-11-25-29(3)13-15/h4-6,9,11,13,16,24H,7-8,10,12H2,1-3H3,(H,26,27,30). The molecule has 1 atom stereocenters. The molecule has 5 rings (SSSR count). The Labute approximate surface area is 186 Å². The molecule has 3 aromatic heterocycles. The van der Waals surface area contributed by atoms with Crippen LogP contribution in [0.5, 0.6) is 11.8 Å². The molecule has 0 aromatic carbocycles. The van der Waals surface area contributed by atoms with Gasteiger partial charge in [0.05, 0.1) is 11.9 Å². The van der Waals surface area contributed by atoms with Crippen LogP contribution in [0, 0.1) is 0 Å². The molecule has 2 aliphatic heterocycles. The van der Waals surface area contributed by atoms with Crippen molar-refractivity contribution >= 4 is 11.7 Å². The molecule has 1 saturated heterocycles. The number of aromatic nitrogens is 4. The lowest BCUT2D eigenvalue weighted by atomic mass is 10.0. The summed E-state index contributed by atoms with van der Waals surface area (Å²) >= 11 is 0. The van der Waals surface area contributed by atoms with Gasteiger partial charge in [-0.05, 0) is 45.0 Å². The van der Waals surface area contributed by atoms with Crippen molar-refractivity contribution in [2.24, 2.45) is 7.05 Å². The van der Waals surface area contributed by atoms with Gasteiger partial charge in [0.15, 0.2) is 0 Å². The van der Waals surface area contributed by atoms with E-state index in [9.17, 15) is 4.79 Å². The number of hydrogen-bond acceptors (Lipinski definition) is 7. The largest absolute Gasteiger partial charge is 0.472 e. The van der Waals surface area contributed by atoms with Crippen molar-refractivity contribution in [2.75, 3.05) is 18.4 Å². The van der Waals surface area contributed by atoms with E-state index in [0.29, 0.717) is 23.7 Å². The number of amides is 1. The monoisotopic (exact) mass is 434 g/mol. The fraction of sp³-hybridized carbons (Fsp3) is 0.391. The summed E-state index contributed by atoms with van der Waals surface area (Å²) in [7, 11) is 1.85. The zero-order valence-electron chi connectivity index (χ0n) is 18.4. The zero-order chi connectivity index (χ0) is 22.3. The number of hydrogen-bond donors (Lipinski definition) is 2. The average Bonchev–Trinajstić information content (AvgIpc) is 3.47. The van der Waals surface area contributed by atoms with Crippen molar-refractivity contribution in [2.45, 2.75) is 38.4 Å². The molecule has 5 heterocycles. The van der Waals surface area contributed by atoms with Crippen LogP contribution in [0.4, 0.5) is 5.82 Å². The first-order valence-electron chi connectivity index (χ1n) is 10.7. The molecule has 0 spiro atoms. The predicted octanol–water partition coefficient (Wildman–Crippen LogP) is 2.58. The number of pyridine rings is 2. The highest BCUT2D eigenvalue weighted by molar-refractivity contribution is 6.05. The summed E-state index contributed by atoms with van der Waals surface area (Å²) in [4.78, 5) is 22.4. The maximum absolute atomic E-state index is 13.3. The Kier molecular flexibility index (Phi) is 5.05. The normalized spacial score (nSPS) is 18.8. The third kappa shape index (κ3) is 4.16. The second-order valence-electron chi connectivity index (χ2n) is 8.84. The third-order valence-corrected chi connectivity index (χ3v) is 5.55. The molecule has 0 saturated carbocycles. The van der Waals surface area contributed by atoms with Gasteiger partial charge in [-0.25, -0.2) is 4.98 Å². The fourth-order valence-corrected chi connectivity index (χ4v) is 4.03. The van der Waals surface area contributed by atoms with Crippen LogP contribution in [0.1, 0.15) is 36.2 Å². The summed E-state index contributed by atoms with van der Waals surface area (Å²) in [6.45, 7) is 5.61. The number of carbonyl (C=O) groups is 1. The van der Waals surface area contributed by atoms with Crippen molar-refractivity contribution in [1.29, 1.82) is 0 Å². The summed E-state index contributed by atoms with van der Waals surface area (Å²) in [5.41, 5.74) is 2.52. The van der Waals surface area contributed by atoms with Crippen LogP contribution in [-0.2, 0) is 13.5 Å². The molecule has 1 amide bonds. The van der Waals surface area contributed by atoms with Gasteiger partial charge in [0.25, 0.3) is 5.91 Å². The highest BCUT2D eigenvalue weighted by Gasteiger charge is 2.34. The average molecular weight is 435 g/mol. The fourth-order valence-electron chi connectivity index (χ4n) is 4.03. The number of aryl methyl sites for hydroxylation is 1. The first-order chi connectivity index (χ1) is 15.4. The van der Waals surface area contributed by atoms with Crippen molar-refractivity contribution in [3.8, 4) is 23.0 Å². The van der Waals surface area contributed by atoms with Crippen molar-refractivity contribution in [3.63, 3.8) is 0 Å². The van der Waals surface area contributed by atoms with Gasteiger partial charge in [0, 0.05) is 37.3 Å². The van der Waals surface area contributed by atoms with E-state index in [1.807, 2.05) is 45.3 Å². The minimum Gasteiger partial charge on any atom is -0.472 e. The van der Waals surface area contributed by atoms with Crippen molar-refractivity contribution in [3.05, 3.63) is 47.8 Å². The van der Waals surface area contributed by atoms with Crippen molar-refractivity contribution in [1.82, 2.24) is 25.1 Å². The van der Waals surface area contributed by atoms with Gasteiger partial charge in [0.2, 0.25) is 11.8 Å². The molecule has 1 unspecified atom stereocenters. The Bertz CT molecular complexity index is 1170. The number of nitrogens with one attached hydrogen (secondary N) is 2. The lowest BCUT2D eigenvalue weighted by Gasteiger charge is -2.17. The van der Waals surface area contributed by atoms with Crippen LogP contribution in [0.25, 0.3) is 11.3 Å². The van der Waals surface area contributed by atoms with E-state index in [4.69, 9.17) is 9.47 Å². The molecule has 9 heteroatoms. The van der Waals surface area contributed by atoms with E-state index in [-0.39, 0.29) is 23.5 Å². The van der Waals surface area contributed by atoms with E-state index in [1.54, 1.807) is 16.9 Å². The van der Waals surface area contributed by atoms with E-state index in [0.717, 1.165) is 36.3 Å². The predicted molar refractivity (Wildman–Crippen MR) is 119 cm³/mol. The molecule has 0 radical (unpaired) electrons. The van der Waals surface area contributed by atoms with Crippen LogP contribution in [0.3, 0.4) is 0 Å². The van der Waals surface area contributed by atoms with Crippen LogP contribution in [-0.4, -0.2) is 50.5 Å². The van der Waals surface area contributed by atoms with Gasteiger partial charge < -0.3 is 20.1 Å². The van der Waals surface area contributed by atoms with Crippen molar-refractivity contribution < 1.29 is 14.3 Å². The van der Waals surface area contributed by atoms with E-state index in [2.05, 4.69) is 25.7 Å². The number of rotatable bonds is 5. The molecule has 0 bridgehead atoms. The van der Waals surface area contributed by atoms with Gasteiger partial charge in [-0.1, -0.05) is 6.07 Å². The lowest BCUT2D eigenvalue weighted by Crippen LogP contribution is -2.25. The third-order valence-electron chi connectivity index (χ3n) is 5.55. The maximum atomic E-state index is 13.3. The van der Waals surface area contributed by atoms with Crippen LogP contribution < -0.4 is 20.1 Å². The van der Waals surface area contributed by atoms with Crippen LogP contribution in [0.2, 0.25) is 0 Å². The molecule has 3 aromatic rings. The molecular weight excluding hydrogens is 408 g/mol. The lowest BCUT2D eigenvalue weighted by molar-refractivity contribution is 0.101. The number of anilines is 1. The smallest absolute Gasteiger partial charge is 0.262 e. The summed E-state index contributed by atoms with van der Waals surface area (Å²) in [6.07, 6.45) is 5.12.